The molecular weight excluding hydrogens is 280 g/mol. The van der Waals surface area contributed by atoms with Gasteiger partial charge in [0.2, 0.25) is 0 Å². The standard InChI is InChI=1S/C21H28N2/c1-14-9-7-10-15(2)20(14)22-18(5)13-19(6)23-21-16(3)11-8-12-17(21)4/h7-13,18,22-23H,1-6H3/b19-13-. The van der Waals surface area contributed by atoms with Crippen LogP contribution in [0.2, 0.25) is 0 Å². The van der Waals surface area contributed by atoms with Crippen LogP contribution < -0.4 is 10.6 Å². The molecule has 2 nitrogen and oxygen atoms in total. The number of para-hydroxylation sites is 2. The molecule has 0 aliphatic carbocycles. The average Bonchev–Trinajstić information content (AvgIpc) is 2.47. The van der Waals surface area contributed by atoms with Crippen LogP contribution >= 0.6 is 0 Å². The number of nitrogens with one attached hydrogen (secondary N) is 2. The fourth-order valence-electron chi connectivity index (χ4n) is 2.94. The Balaban J connectivity index is 2.11. The van der Waals surface area contributed by atoms with Crippen molar-refractivity contribution in [3.05, 3.63) is 70.4 Å². The lowest BCUT2D eigenvalue weighted by Gasteiger charge is -2.18. The predicted octanol–water partition coefficient (Wildman–Crippen LogP) is 5.74. The summed E-state index contributed by atoms with van der Waals surface area (Å²) < 4.78 is 0. The van der Waals surface area contributed by atoms with Crippen molar-refractivity contribution in [2.75, 3.05) is 10.6 Å². The van der Waals surface area contributed by atoms with Gasteiger partial charge in [0, 0.05) is 23.1 Å². The van der Waals surface area contributed by atoms with Gasteiger partial charge in [0.25, 0.3) is 0 Å². The molecule has 0 heterocycles. The van der Waals surface area contributed by atoms with Gasteiger partial charge in [-0.3, -0.25) is 0 Å². The van der Waals surface area contributed by atoms with Crippen LogP contribution in [0.25, 0.3) is 0 Å². The number of hydrogen-bond acceptors (Lipinski definition) is 2. The first-order valence-corrected chi connectivity index (χ1v) is 8.23. The Morgan fingerprint density at radius 3 is 1.74 bits per heavy atom. The highest BCUT2D eigenvalue weighted by molar-refractivity contribution is 5.60. The largest absolute Gasteiger partial charge is 0.379 e. The van der Waals surface area contributed by atoms with E-state index in [1.54, 1.807) is 0 Å². The minimum Gasteiger partial charge on any atom is -0.379 e. The predicted molar refractivity (Wildman–Crippen MR) is 102 cm³/mol. The molecule has 0 bridgehead atoms. The van der Waals surface area contributed by atoms with E-state index in [1.165, 1.54) is 33.6 Å². The molecule has 1 unspecified atom stereocenters. The normalized spacial score (nSPS) is 12.9. The molecule has 0 aliphatic rings. The lowest BCUT2D eigenvalue weighted by atomic mass is 10.1. The summed E-state index contributed by atoms with van der Waals surface area (Å²) in [5.74, 6) is 0. The van der Waals surface area contributed by atoms with Crippen molar-refractivity contribution in [3.8, 4) is 0 Å². The third-order valence-corrected chi connectivity index (χ3v) is 4.16. The highest BCUT2D eigenvalue weighted by Crippen LogP contribution is 2.23. The molecule has 23 heavy (non-hydrogen) atoms. The molecule has 0 amide bonds. The lowest BCUT2D eigenvalue weighted by molar-refractivity contribution is 0.975. The number of hydrogen-bond donors (Lipinski definition) is 2. The molecule has 0 saturated heterocycles. The first-order chi connectivity index (χ1) is 10.9. The Labute approximate surface area is 140 Å². The van der Waals surface area contributed by atoms with E-state index >= 15 is 0 Å². The van der Waals surface area contributed by atoms with Gasteiger partial charge in [-0.25, -0.2) is 0 Å². The minimum absolute atomic E-state index is 0.256. The van der Waals surface area contributed by atoms with Crippen molar-refractivity contribution < 1.29 is 0 Å². The molecule has 2 heteroatoms. The second kappa shape index (κ2) is 7.36. The van der Waals surface area contributed by atoms with Gasteiger partial charge in [-0.15, -0.1) is 0 Å². The first-order valence-electron chi connectivity index (χ1n) is 8.23. The van der Waals surface area contributed by atoms with Crippen molar-refractivity contribution in [1.82, 2.24) is 0 Å². The maximum atomic E-state index is 3.61. The van der Waals surface area contributed by atoms with Crippen molar-refractivity contribution in [2.45, 2.75) is 47.6 Å². The summed E-state index contributed by atoms with van der Waals surface area (Å²) in [6, 6.07) is 13.0. The maximum Gasteiger partial charge on any atom is 0.0441 e. The SMILES string of the molecule is C/C(=C/C(C)Nc1c(C)cccc1C)Nc1c(C)cccc1C. The smallest absolute Gasteiger partial charge is 0.0441 e. The third kappa shape index (κ3) is 4.38. The summed E-state index contributed by atoms with van der Waals surface area (Å²) in [6.45, 7) is 12.9. The van der Waals surface area contributed by atoms with Crippen LogP contribution in [-0.2, 0) is 0 Å². The van der Waals surface area contributed by atoms with Gasteiger partial charge >= 0.3 is 0 Å². The topological polar surface area (TPSA) is 24.1 Å². The van der Waals surface area contributed by atoms with Gasteiger partial charge in [-0.2, -0.15) is 0 Å². The summed E-state index contributed by atoms with van der Waals surface area (Å²) in [5.41, 5.74) is 8.71. The van der Waals surface area contributed by atoms with Crippen LogP contribution in [0.1, 0.15) is 36.1 Å². The second-order valence-corrected chi connectivity index (χ2v) is 6.44. The van der Waals surface area contributed by atoms with E-state index in [-0.39, 0.29) is 6.04 Å². The Morgan fingerprint density at radius 2 is 1.26 bits per heavy atom. The number of aryl methyl sites for hydroxylation is 4. The number of anilines is 2. The molecule has 0 fully saturated rings. The molecule has 0 saturated carbocycles. The highest BCUT2D eigenvalue weighted by Gasteiger charge is 2.06. The molecule has 2 N–H and O–H groups in total. The van der Waals surface area contributed by atoms with E-state index in [1.807, 2.05) is 0 Å². The summed E-state index contributed by atoms with van der Waals surface area (Å²) in [5, 5.41) is 7.15. The molecule has 2 aromatic rings. The zero-order chi connectivity index (χ0) is 17.0. The fraction of sp³-hybridized carbons (Fsp3) is 0.333. The van der Waals surface area contributed by atoms with Gasteiger partial charge in [0.05, 0.1) is 0 Å². The zero-order valence-corrected chi connectivity index (χ0v) is 15.1. The summed E-state index contributed by atoms with van der Waals surface area (Å²) in [7, 11) is 0. The van der Waals surface area contributed by atoms with E-state index in [0.717, 1.165) is 5.70 Å². The molecule has 0 spiro atoms. The van der Waals surface area contributed by atoms with Crippen molar-refractivity contribution in [1.29, 1.82) is 0 Å². The Hall–Kier alpha value is -2.22. The fourth-order valence-corrected chi connectivity index (χ4v) is 2.94. The lowest BCUT2D eigenvalue weighted by Crippen LogP contribution is -2.15. The van der Waals surface area contributed by atoms with Crippen LogP contribution in [0.15, 0.2) is 48.2 Å². The van der Waals surface area contributed by atoms with Gasteiger partial charge < -0.3 is 10.6 Å². The maximum absolute atomic E-state index is 3.61. The quantitative estimate of drug-likeness (QED) is 0.736. The van der Waals surface area contributed by atoms with E-state index in [2.05, 4.69) is 94.7 Å². The number of benzene rings is 2. The van der Waals surface area contributed by atoms with E-state index in [0.29, 0.717) is 0 Å². The van der Waals surface area contributed by atoms with Crippen LogP contribution in [0.5, 0.6) is 0 Å². The third-order valence-electron chi connectivity index (χ3n) is 4.16. The van der Waals surface area contributed by atoms with Crippen molar-refractivity contribution in [3.63, 3.8) is 0 Å². The van der Waals surface area contributed by atoms with Gasteiger partial charge in [0.15, 0.2) is 0 Å². The van der Waals surface area contributed by atoms with Crippen LogP contribution in [0.4, 0.5) is 11.4 Å². The van der Waals surface area contributed by atoms with Crippen molar-refractivity contribution in [2.24, 2.45) is 0 Å². The summed E-state index contributed by atoms with van der Waals surface area (Å²) in [4.78, 5) is 0. The second-order valence-electron chi connectivity index (χ2n) is 6.44. The summed E-state index contributed by atoms with van der Waals surface area (Å²) >= 11 is 0. The van der Waals surface area contributed by atoms with E-state index in [4.69, 9.17) is 0 Å². The minimum atomic E-state index is 0.256. The van der Waals surface area contributed by atoms with Crippen LogP contribution in [0, 0.1) is 27.7 Å². The Bertz CT molecular complexity index is 673. The zero-order valence-electron chi connectivity index (χ0n) is 15.1. The molecular formula is C21H28N2. The van der Waals surface area contributed by atoms with Gasteiger partial charge in [-0.05, 0) is 69.9 Å². The van der Waals surface area contributed by atoms with Crippen LogP contribution in [-0.4, -0.2) is 6.04 Å². The first kappa shape index (κ1) is 17.1. The molecule has 0 radical (unpaired) electrons. The van der Waals surface area contributed by atoms with E-state index in [9.17, 15) is 0 Å². The molecule has 1 atom stereocenters. The molecule has 0 aromatic heterocycles. The molecule has 0 aliphatic heterocycles. The molecule has 122 valence electrons. The van der Waals surface area contributed by atoms with E-state index < -0.39 is 0 Å². The number of rotatable bonds is 5. The van der Waals surface area contributed by atoms with Crippen LogP contribution in [0.3, 0.4) is 0 Å². The summed E-state index contributed by atoms with van der Waals surface area (Å²) in [6.07, 6.45) is 2.23. The highest BCUT2D eigenvalue weighted by atomic mass is 14.9. The van der Waals surface area contributed by atoms with Gasteiger partial charge in [-0.1, -0.05) is 36.4 Å². The average molecular weight is 308 g/mol. The Kier molecular flexibility index (Phi) is 5.49. The van der Waals surface area contributed by atoms with Crippen molar-refractivity contribution >= 4 is 11.4 Å². The molecule has 2 rings (SSSR count). The monoisotopic (exact) mass is 308 g/mol. The van der Waals surface area contributed by atoms with Gasteiger partial charge in [0.1, 0.15) is 0 Å². The molecule has 2 aromatic carbocycles. The number of allylic oxidation sites excluding steroid dienone is 1. The Morgan fingerprint density at radius 1 is 0.826 bits per heavy atom.